The minimum atomic E-state index is -2.58. The van der Waals surface area contributed by atoms with Gasteiger partial charge in [-0.3, -0.25) is 9.59 Å². The molecule has 0 radical (unpaired) electrons. The van der Waals surface area contributed by atoms with Crippen molar-refractivity contribution in [3.05, 3.63) is 89.5 Å². The van der Waals surface area contributed by atoms with E-state index in [9.17, 15) is 18.4 Å². The fraction of sp³-hybridized carbons (Fsp3) is 0.310. The molecule has 0 bridgehead atoms. The number of hydrogen-bond acceptors (Lipinski definition) is 6. The van der Waals surface area contributed by atoms with Gasteiger partial charge in [-0.25, -0.2) is 8.78 Å². The van der Waals surface area contributed by atoms with Crippen molar-refractivity contribution in [1.29, 1.82) is 0 Å². The zero-order valence-corrected chi connectivity index (χ0v) is 21.6. The number of halogens is 2. The second kappa shape index (κ2) is 15.3. The number of carbonyl (C=O) groups excluding carboxylic acids is 2. The average molecular weight is 543 g/mol. The average Bonchev–Trinajstić information content (AvgIpc) is 2.95. The molecule has 8 nitrogen and oxygen atoms in total. The maximum atomic E-state index is 12.9. The maximum absolute atomic E-state index is 12.9. The molecule has 0 saturated heterocycles. The summed E-state index contributed by atoms with van der Waals surface area (Å²) in [5.74, 6) is 0.744. The van der Waals surface area contributed by atoms with Crippen LogP contribution < -0.4 is 24.8 Å². The van der Waals surface area contributed by atoms with Crippen LogP contribution in [0.2, 0.25) is 0 Å². The minimum absolute atomic E-state index is 0.0359. The van der Waals surface area contributed by atoms with E-state index in [2.05, 4.69) is 10.6 Å². The Morgan fingerprint density at radius 3 is 2.05 bits per heavy atom. The number of alkyl halides is 2. The summed E-state index contributed by atoms with van der Waals surface area (Å²) >= 11 is 0. The molecule has 39 heavy (non-hydrogen) atoms. The molecule has 0 heterocycles. The van der Waals surface area contributed by atoms with Gasteiger partial charge in [0.1, 0.15) is 29.9 Å². The molecule has 208 valence electrons. The van der Waals surface area contributed by atoms with E-state index in [1.165, 1.54) is 12.1 Å². The first-order chi connectivity index (χ1) is 18.9. The van der Waals surface area contributed by atoms with Crippen LogP contribution in [0.5, 0.6) is 17.2 Å². The van der Waals surface area contributed by atoms with Crippen LogP contribution in [0.25, 0.3) is 0 Å². The summed E-state index contributed by atoms with van der Waals surface area (Å²) in [7, 11) is 1.62. The lowest BCUT2D eigenvalue weighted by atomic mass is 10.0. The first-order valence-corrected chi connectivity index (χ1v) is 12.4. The Balaban J connectivity index is 1.57. The van der Waals surface area contributed by atoms with E-state index in [1.54, 1.807) is 43.5 Å². The van der Waals surface area contributed by atoms with Crippen molar-refractivity contribution >= 4 is 11.8 Å². The fourth-order valence-corrected chi connectivity index (χ4v) is 3.65. The molecule has 0 fully saturated rings. The summed E-state index contributed by atoms with van der Waals surface area (Å²) in [6, 6.07) is 19.7. The highest BCUT2D eigenvalue weighted by Crippen LogP contribution is 2.17. The molecule has 2 amide bonds. The number of ether oxygens (including phenoxy) is 3. The third-order valence-electron chi connectivity index (χ3n) is 5.71. The van der Waals surface area contributed by atoms with Crippen molar-refractivity contribution in [3.8, 4) is 17.2 Å². The van der Waals surface area contributed by atoms with Crippen LogP contribution >= 0.6 is 0 Å². The van der Waals surface area contributed by atoms with Crippen molar-refractivity contribution in [2.45, 2.75) is 25.3 Å². The van der Waals surface area contributed by atoms with Crippen LogP contribution in [0.3, 0.4) is 0 Å². The molecular weight excluding hydrogens is 510 g/mol. The van der Waals surface area contributed by atoms with Gasteiger partial charge in [-0.2, -0.15) is 0 Å². The zero-order chi connectivity index (χ0) is 28.0. The number of aliphatic hydroxyl groups is 1. The molecule has 0 spiro atoms. The second-order valence-electron chi connectivity index (χ2n) is 8.56. The lowest BCUT2D eigenvalue weighted by Gasteiger charge is -2.19. The van der Waals surface area contributed by atoms with Crippen molar-refractivity contribution in [2.75, 3.05) is 33.5 Å². The van der Waals surface area contributed by atoms with E-state index in [0.717, 1.165) is 11.3 Å². The molecule has 0 saturated carbocycles. The molecule has 0 aliphatic carbocycles. The number of hydrogen-bond donors (Lipinski definition) is 3. The number of carbonyl (C=O) groups is 2. The van der Waals surface area contributed by atoms with Gasteiger partial charge >= 0.3 is 0 Å². The van der Waals surface area contributed by atoms with E-state index in [4.69, 9.17) is 19.3 Å². The van der Waals surface area contributed by atoms with Gasteiger partial charge < -0.3 is 30.0 Å². The third kappa shape index (κ3) is 9.90. The topological polar surface area (TPSA) is 106 Å². The Bertz CT molecular complexity index is 1170. The molecule has 3 aromatic rings. The van der Waals surface area contributed by atoms with Crippen LogP contribution in [0.1, 0.15) is 21.5 Å². The molecule has 0 aliphatic rings. The largest absolute Gasteiger partial charge is 0.497 e. The highest BCUT2D eigenvalue weighted by Gasteiger charge is 2.22. The number of benzene rings is 3. The van der Waals surface area contributed by atoms with E-state index >= 15 is 0 Å². The molecule has 0 aliphatic heterocycles. The Morgan fingerprint density at radius 2 is 1.44 bits per heavy atom. The van der Waals surface area contributed by atoms with E-state index < -0.39 is 30.9 Å². The highest BCUT2D eigenvalue weighted by molar-refractivity contribution is 5.97. The number of methoxy groups -OCH3 is 1. The van der Waals surface area contributed by atoms with Gasteiger partial charge in [-0.15, -0.1) is 0 Å². The van der Waals surface area contributed by atoms with Crippen LogP contribution in [0.4, 0.5) is 8.78 Å². The molecule has 0 aromatic heterocycles. The van der Waals surface area contributed by atoms with Gasteiger partial charge in [0.05, 0.1) is 20.3 Å². The summed E-state index contributed by atoms with van der Waals surface area (Å²) in [4.78, 5) is 25.6. The standard InChI is InChI=1S/C29H32F2N2O6/c1-37-23-8-2-20(3-9-23)14-17-38-24-12-6-22(7-13-24)28(35)33-26(29(36)32-15-16-34)18-21-4-10-25(11-5-21)39-19-27(30)31/h2-13,26-27,34H,14-19H2,1H3,(H,32,36)(H,33,35). The van der Waals surface area contributed by atoms with Gasteiger partial charge in [0.25, 0.3) is 12.3 Å². The summed E-state index contributed by atoms with van der Waals surface area (Å²) < 4.78 is 40.6. The molecule has 3 N–H and O–H groups in total. The zero-order valence-electron chi connectivity index (χ0n) is 21.6. The van der Waals surface area contributed by atoms with Gasteiger partial charge in [-0.05, 0) is 59.7 Å². The van der Waals surface area contributed by atoms with Crippen LogP contribution in [-0.2, 0) is 17.6 Å². The van der Waals surface area contributed by atoms with Gasteiger partial charge in [0, 0.05) is 24.9 Å². The second-order valence-corrected chi connectivity index (χ2v) is 8.56. The predicted octanol–water partition coefficient (Wildman–Crippen LogP) is 3.41. The maximum Gasteiger partial charge on any atom is 0.272 e. The normalized spacial score (nSPS) is 11.5. The number of amides is 2. The summed E-state index contributed by atoms with van der Waals surface area (Å²) in [5, 5.41) is 14.3. The SMILES string of the molecule is COc1ccc(CCOc2ccc(C(=O)NC(Cc3ccc(OCC(F)F)cc3)C(=O)NCCO)cc2)cc1. The summed E-state index contributed by atoms with van der Waals surface area (Å²) in [6.45, 7) is -0.471. The number of nitrogens with one attached hydrogen (secondary N) is 2. The lowest BCUT2D eigenvalue weighted by molar-refractivity contribution is -0.123. The molecule has 1 unspecified atom stereocenters. The van der Waals surface area contributed by atoms with Crippen LogP contribution in [0.15, 0.2) is 72.8 Å². The lowest BCUT2D eigenvalue weighted by Crippen LogP contribution is -2.48. The first kappa shape index (κ1) is 29.4. The summed E-state index contributed by atoms with van der Waals surface area (Å²) in [5.41, 5.74) is 2.13. The van der Waals surface area contributed by atoms with Crippen molar-refractivity contribution in [1.82, 2.24) is 10.6 Å². The van der Waals surface area contributed by atoms with Crippen LogP contribution in [0, 0.1) is 0 Å². The smallest absolute Gasteiger partial charge is 0.272 e. The Hall–Kier alpha value is -4.18. The quantitative estimate of drug-likeness (QED) is 0.272. The van der Waals surface area contributed by atoms with Gasteiger partial charge in [0.15, 0.2) is 0 Å². The van der Waals surface area contributed by atoms with E-state index in [-0.39, 0.29) is 25.3 Å². The Morgan fingerprint density at radius 1 is 0.846 bits per heavy atom. The van der Waals surface area contributed by atoms with E-state index in [1.807, 2.05) is 24.3 Å². The monoisotopic (exact) mass is 542 g/mol. The van der Waals surface area contributed by atoms with Gasteiger partial charge in [0.2, 0.25) is 5.91 Å². The molecule has 10 heteroatoms. The number of rotatable bonds is 15. The predicted molar refractivity (Wildman–Crippen MR) is 142 cm³/mol. The number of aliphatic hydroxyl groups excluding tert-OH is 1. The molecule has 3 aromatic carbocycles. The fourth-order valence-electron chi connectivity index (χ4n) is 3.65. The third-order valence-corrected chi connectivity index (χ3v) is 5.71. The first-order valence-electron chi connectivity index (χ1n) is 12.4. The minimum Gasteiger partial charge on any atom is -0.497 e. The highest BCUT2D eigenvalue weighted by atomic mass is 19.3. The Labute approximate surface area is 225 Å². The van der Waals surface area contributed by atoms with Crippen molar-refractivity contribution in [3.63, 3.8) is 0 Å². The van der Waals surface area contributed by atoms with E-state index in [0.29, 0.717) is 29.9 Å². The van der Waals surface area contributed by atoms with Crippen molar-refractivity contribution < 1.29 is 37.7 Å². The molecule has 1 atom stereocenters. The molecular formula is C29H32F2N2O6. The van der Waals surface area contributed by atoms with Gasteiger partial charge in [-0.1, -0.05) is 24.3 Å². The van der Waals surface area contributed by atoms with Crippen molar-refractivity contribution in [2.24, 2.45) is 0 Å². The summed E-state index contributed by atoms with van der Waals surface area (Å²) in [6.07, 6.45) is -1.74. The molecule has 3 rings (SSSR count). The Kier molecular flexibility index (Phi) is 11.5. The van der Waals surface area contributed by atoms with Crippen LogP contribution in [-0.4, -0.2) is 62.9 Å².